The fourth-order valence-corrected chi connectivity index (χ4v) is 3.30. The van der Waals surface area contributed by atoms with E-state index in [4.69, 9.17) is 16.6 Å². The lowest BCUT2D eigenvalue weighted by Gasteiger charge is -2.08. The molecule has 0 saturated heterocycles. The molecule has 140 valence electrons. The van der Waals surface area contributed by atoms with Crippen LogP contribution in [0.4, 0.5) is 4.39 Å². The molecule has 0 unspecified atom stereocenters. The van der Waals surface area contributed by atoms with Crippen molar-refractivity contribution in [3.05, 3.63) is 88.2 Å². The average Bonchev–Trinajstić information content (AvgIpc) is 3.41. The summed E-state index contributed by atoms with van der Waals surface area (Å²) in [6.07, 6.45) is 5.48. The van der Waals surface area contributed by atoms with Crippen molar-refractivity contribution in [2.45, 2.75) is 32.4 Å². The maximum absolute atomic E-state index is 13.2. The van der Waals surface area contributed by atoms with E-state index < -0.39 is 0 Å². The van der Waals surface area contributed by atoms with Gasteiger partial charge in [-0.3, -0.25) is 0 Å². The van der Waals surface area contributed by atoms with Gasteiger partial charge in [-0.2, -0.15) is 0 Å². The standard InChI is InChI=1S/C22H23ClFN3/c23-19-7-3-18(4-8-19)14-27-15-21(13-25-12-17-1-2-17)26-22(27)11-16-5-9-20(24)10-6-16/h3-10,15,17,25H,1-2,11-14H2. The van der Waals surface area contributed by atoms with E-state index in [1.54, 1.807) is 0 Å². The highest BCUT2D eigenvalue weighted by atomic mass is 35.5. The van der Waals surface area contributed by atoms with Crippen LogP contribution in [-0.4, -0.2) is 16.1 Å². The molecular formula is C22H23ClFN3. The van der Waals surface area contributed by atoms with E-state index in [2.05, 4.69) is 16.1 Å². The molecule has 0 aliphatic heterocycles. The van der Waals surface area contributed by atoms with Crippen molar-refractivity contribution in [3.8, 4) is 0 Å². The molecule has 0 atom stereocenters. The maximum Gasteiger partial charge on any atom is 0.123 e. The minimum absolute atomic E-state index is 0.215. The van der Waals surface area contributed by atoms with E-state index in [-0.39, 0.29) is 5.82 Å². The van der Waals surface area contributed by atoms with Crippen LogP contribution >= 0.6 is 11.6 Å². The molecule has 0 bridgehead atoms. The highest BCUT2D eigenvalue weighted by Crippen LogP contribution is 2.27. The SMILES string of the molecule is Fc1ccc(Cc2nc(CNCC3CC3)cn2Cc2ccc(Cl)cc2)cc1. The molecule has 1 fully saturated rings. The number of imidazole rings is 1. The molecular weight excluding hydrogens is 361 g/mol. The topological polar surface area (TPSA) is 29.9 Å². The monoisotopic (exact) mass is 383 g/mol. The third-order valence-electron chi connectivity index (χ3n) is 4.89. The molecule has 4 rings (SSSR count). The van der Waals surface area contributed by atoms with Crippen molar-refractivity contribution in [2.24, 2.45) is 5.92 Å². The predicted octanol–water partition coefficient (Wildman–Crippen LogP) is 4.81. The summed E-state index contributed by atoms with van der Waals surface area (Å²) in [5.74, 6) is 1.62. The Balaban J connectivity index is 1.52. The van der Waals surface area contributed by atoms with Crippen molar-refractivity contribution in [2.75, 3.05) is 6.54 Å². The van der Waals surface area contributed by atoms with E-state index in [1.165, 1.54) is 30.5 Å². The Morgan fingerprint density at radius 2 is 1.74 bits per heavy atom. The summed E-state index contributed by atoms with van der Waals surface area (Å²) >= 11 is 6.00. The van der Waals surface area contributed by atoms with Gasteiger partial charge in [0.05, 0.1) is 5.69 Å². The summed E-state index contributed by atoms with van der Waals surface area (Å²) in [6.45, 7) is 2.58. The fourth-order valence-electron chi connectivity index (χ4n) is 3.17. The van der Waals surface area contributed by atoms with Crippen LogP contribution in [0.2, 0.25) is 5.02 Å². The van der Waals surface area contributed by atoms with E-state index in [0.717, 1.165) is 47.7 Å². The van der Waals surface area contributed by atoms with Crippen molar-refractivity contribution < 1.29 is 4.39 Å². The van der Waals surface area contributed by atoms with Crippen LogP contribution in [0, 0.1) is 11.7 Å². The van der Waals surface area contributed by atoms with E-state index in [1.807, 2.05) is 36.4 Å². The van der Waals surface area contributed by atoms with Gasteiger partial charge in [0, 0.05) is 30.7 Å². The van der Waals surface area contributed by atoms with Gasteiger partial charge in [0.1, 0.15) is 11.6 Å². The summed E-state index contributed by atoms with van der Waals surface area (Å²) in [5.41, 5.74) is 3.27. The minimum atomic E-state index is -0.215. The molecule has 1 N–H and O–H groups in total. The van der Waals surface area contributed by atoms with Gasteiger partial charge >= 0.3 is 0 Å². The molecule has 1 aliphatic rings. The average molecular weight is 384 g/mol. The molecule has 2 aromatic carbocycles. The van der Waals surface area contributed by atoms with Crippen molar-refractivity contribution in [1.82, 2.24) is 14.9 Å². The Hall–Kier alpha value is -2.17. The highest BCUT2D eigenvalue weighted by Gasteiger charge is 2.20. The lowest BCUT2D eigenvalue weighted by atomic mass is 10.1. The van der Waals surface area contributed by atoms with E-state index >= 15 is 0 Å². The Morgan fingerprint density at radius 1 is 1.04 bits per heavy atom. The predicted molar refractivity (Wildman–Crippen MR) is 106 cm³/mol. The van der Waals surface area contributed by atoms with Gasteiger partial charge in [0.15, 0.2) is 0 Å². The maximum atomic E-state index is 13.2. The van der Waals surface area contributed by atoms with Crippen LogP contribution in [0.5, 0.6) is 0 Å². The Morgan fingerprint density at radius 3 is 2.44 bits per heavy atom. The van der Waals surface area contributed by atoms with E-state index in [9.17, 15) is 4.39 Å². The number of halogens is 2. The van der Waals surface area contributed by atoms with Gasteiger partial charge in [-0.1, -0.05) is 35.9 Å². The van der Waals surface area contributed by atoms with Crippen molar-refractivity contribution >= 4 is 11.6 Å². The second-order valence-electron chi connectivity index (χ2n) is 7.28. The molecule has 3 aromatic rings. The van der Waals surface area contributed by atoms with Crippen LogP contribution in [0.1, 0.15) is 35.5 Å². The van der Waals surface area contributed by atoms with Crippen LogP contribution in [-0.2, 0) is 19.5 Å². The van der Waals surface area contributed by atoms with Crippen molar-refractivity contribution in [1.29, 1.82) is 0 Å². The summed E-state index contributed by atoms with van der Waals surface area (Å²) in [4.78, 5) is 4.84. The molecule has 0 radical (unpaired) electrons. The molecule has 0 amide bonds. The van der Waals surface area contributed by atoms with Gasteiger partial charge < -0.3 is 9.88 Å². The number of nitrogens with one attached hydrogen (secondary N) is 1. The van der Waals surface area contributed by atoms with Gasteiger partial charge in [-0.25, -0.2) is 9.37 Å². The number of aromatic nitrogens is 2. The van der Waals surface area contributed by atoms with Gasteiger partial charge in [0.2, 0.25) is 0 Å². The number of hydrogen-bond donors (Lipinski definition) is 1. The third kappa shape index (κ3) is 5.18. The molecule has 1 saturated carbocycles. The lowest BCUT2D eigenvalue weighted by molar-refractivity contribution is 0.626. The van der Waals surface area contributed by atoms with Crippen LogP contribution in [0.3, 0.4) is 0 Å². The van der Waals surface area contributed by atoms with Gasteiger partial charge in [-0.15, -0.1) is 0 Å². The molecule has 1 aliphatic carbocycles. The molecule has 1 aromatic heterocycles. The first-order valence-electron chi connectivity index (χ1n) is 9.40. The van der Waals surface area contributed by atoms with Gasteiger partial charge in [-0.05, 0) is 60.7 Å². The van der Waals surface area contributed by atoms with Crippen LogP contribution in [0.15, 0.2) is 54.7 Å². The number of hydrogen-bond acceptors (Lipinski definition) is 2. The molecule has 1 heterocycles. The zero-order valence-corrected chi connectivity index (χ0v) is 15.9. The summed E-state index contributed by atoms with van der Waals surface area (Å²) < 4.78 is 15.4. The first kappa shape index (κ1) is 18.2. The highest BCUT2D eigenvalue weighted by molar-refractivity contribution is 6.30. The first-order chi connectivity index (χ1) is 13.2. The first-order valence-corrected chi connectivity index (χ1v) is 9.78. The smallest absolute Gasteiger partial charge is 0.123 e. The largest absolute Gasteiger partial charge is 0.330 e. The van der Waals surface area contributed by atoms with Crippen LogP contribution < -0.4 is 5.32 Å². The van der Waals surface area contributed by atoms with Crippen molar-refractivity contribution in [3.63, 3.8) is 0 Å². The Bertz CT molecular complexity index is 818. The summed E-state index contributed by atoms with van der Waals surface area (Å²) in [6, 6.07) is 14.5. The van der Waals surface area contributed by atoms with Gasteiger partial charge in [0.25, 0.3) is 0 Å². The number of benzene rings is 2. The minimum Gasteiger partial charge on any atom is -0.330 e. The zero-order chi connectivity index (χ0) is 18.6. The quantitative estimate of drug-likeness (QED) is 0.604. The fraction of sp³-hybridized carbons (Fsp3) is 0.318. The molecule has 5 heteroatoms. The van der Waals surface area contributed by atoms with E-state index in [0.29, 0.717) is 6.42 Å². The Kier molecular flexibility index (Phi) is 5.55. The number of nitrogens with zero attached hydrogens (tertiary/aromatic N) is 2. The second-order valence-corrected chi connectivity index (χ2v) is 7.72. The summed E-state index contributed by atoms with van der Waals surface area (Å²) in [7, 11) is 0. The third-order valence-corrected chi connectivity index (χ3v) is 5.14. The molecule has 3 nitrogen and oxygen atoms in total. The Labute approximate surface area is 164 Å². The second kappa shape index (κ2) is 8.24. The summed E-state index contributed by atoms with van der Waals surface area (Å²) in [5, 5.41) is 4.24. The normalized spacial score (nSPS) is 13.9. The lowest BCUT2D eigenvalue weighted by Crippen LogP contribution is -2.16. The molecule has 27 heavy (non-hydrogen) atoms. The zero-order valence-electron chi connectivity index (χ0n) is 15.2. The number of rotatable bonds is 8. The molecule has 0 spiro atoms. The van der Waals surface area contributed by atoms with Crippen LogP contribution in [0.25, 0.3) is 0 Å².